The van der Waals surface area contributed by atoms with Crippen LogP contribution in [0.5, 0.6) is 0 Å². The maximum atomic E-state index is 11.6. The molecule has 21 heavy (non-hydrogen) atoms. The van der Waals surface area contributed by atoms with Gasteiger partial charge in [0.25, 0.3) is 0 Å². The summed E-state index contributed by atoms with van der Waals surface area (Å²) in [4.78, 5) is 23.0. The van der Waals surface area contributed by atoms with Gasteiger partial charge in [-0.2, -0.15) is 0 Å². The van der Waals surface area contributed by atoms with Gasteiger partial charge in [0.15, 0.2) is 0 Å². The van der Waals surface area contributed by atoms with Gasteiger partial charge in [0.1, 0.15) is 0 Å². The molecular weight excluding hydrogens is 270 g/mol. The number of urea groups is 1. The molecule has 116 valence electrons. The highest BCUT2D eigenvalue weighted by Gasteiger charge is 2.04. The molecule has 3 amide bonds. The number of amides is 3. The lowest BCUT2D eigenvalue weighted by Gasteiger charge is -2.08. The minimum Gasteiger partial charge on any atom is -0.382 e. The van der Waals surface area contributed by atoms with Crippen LogP contribution >= 0.6 is 0 Å². The Labute approximate surface area is 125 Å². The van der Waals surface area contributed by atoms with Gasteiger partial charge in [-0.15, -0.1) is 0 Å². The van der Waals surface area contributed by atoms with Gasteiger partial charge >= 0.3 is 6.03 Å². The predicted molar refractivity (Wildman–Crippen MR) is 80.8 cm³/mol. The van der Waals surface area contributed by atoms with Crippen LogP contribution in [0.2, 0.25) is 0 Å². The third-order valence-corrected chi connectivity index (χ3v) is 2.70. The molecule has 1 rings (SSSR count). The van der Waals surface area contributed by atoms with Crippen molar-refractivity contribution in [2.75, 3.05) is 26.3 Å². The van der Waals surface area contributed by atoms with Gasteiger partial charge in [-0.05, 0) is 18.9 Å². The highest BCUT2D eigenvalue weighted by molar-refractivity contribution is 5.83. The van der Waals surface area contributed by atoms with E-state index in [2.05, 4.69) is 16.0 Å². The molecule has 0 saturated heterocycles. The highest BCUT2D eigenvalue weighted by Crippen LogP contribution is 1.96. The number of carbonyl (C=O) groups excluding carboxylic acids is 2. The molecule has 1 aromatic rings. The Bertz CT molecular complexity index is 423. The molecule has 0 atom stereocenters. The Morgan fingerprint density at radius 2 is 1.86 bits per heavy atom. The molecule has 0 bridgehead atoms. The summed E-state index contributed by atoms with van der Waals surface area (Å²) in [6.45, 7) is 4.16. The quantitative estimate of drug-likeness (QED) is 0.595. The first-order chi connectivity index (χ1) is 10.2. The summed E-state index contributed by atoms with van der Waals surface area (Å²) >= 11 is 0. The van der Waals surface area contributed by atoms with Crippen molar-refractivity contribution in [2.24, 2.45) is 0 Å². The van der Waals surface area contributed by atoms with E-state index in [0.717, 1.165) is 12.0 Å². The maximum Gasteiger partial charge on any atom is 0.315 e. The van der Waals surface area contributed by atoms with Gasteiger partial charge in [-0.1, -0.05) is 30.3 Å². The summed E-state index contributed by atoms with van der Waals surface area (Å²) in [6, 6.07) is 9.26. The van der Waals surface area contributed by atoms with Gasteiger partial charge in [-0.3, -0.25) is 4.79 Å². The molecule has 0 radical (unpaired) electrons. The van der Waals surface area contributed by atoms with E-state index in [-0.39, 0.29) is 18.5 Å². The van der Waals surface area contributed by atoms with Gasteiger partial charge in [0.2, 0.25) is 5.91 Å². The Morgan fingerprint density at radius 3 is 2.57 bits per heavy atom. The van der Waals surface area contributed by atoms with Crippen molar-refractivity contribution < 1.29 is 14.3 Å². The zero-order valence-electron chi connectivity index (χ0n) is 12.4. The average Bonchev–Trinajstić information content (AvgIpc) is 2.51. The number of carbonyl (C=O) groups is 2. The van der Waals surface area contributed by atoms with Crippen molar-refractivity contribution in [1.29, 1.82) is 0 Å². The zero-order chi connectivity index (χ0) is 15.3. The van der Waals surface area contributed by atoms with Crippen molar-refractivity contribution in [2.45, 2.75) is 19.9 Å². The number of hydrogen-bond acceptors (Lipinski definition) is 3. The Kier molecular flexibility index (Phi) is 8.63. The average molecular weight is 293 g/mol. The van der Waals surface area contributed by atoms with Crippen LogP contribution in [0.15, 0.2) is 30.3 Å². The lowest BCUT2D eigenvalue weighted by atomic mass is 10.2. The monoisotopic (exact) mass is 293 g/mol. The van der Waals surface area contributed by atoms with Crippen LogP contribution < -0.4 is 16.0 Å². The summed E-state index contributed by atoms with van der Waals surface area (Å²) in [6.07, 6.45) is 0.751. The van der Waals surface area contributed by atoms with Crippen LogP contribution in [0, 0.1) is 0 Å². The predicted octanol–water partition coefficient (Wildman–Crippen LogP) is 1.03. The molecule has 0 spiro atoms. The van der Waals surface area contributed by atoms with Crippen molar-refractivity contribution >= 4 is 11.9 Å². The normalized spacial score (nSPS) is 9.95. The molecule has 0 aliphatic heterocycles. The second-order valence-corrected chi connectivity index (χ2v) is 4.42. The van der Waals surface area contributed by atoms with Crippen LogP contribution in [0.25, 0.3) is 0 Å². The molecule has 0 aliphatic rings. The van der Waals surface area contributed by atoms with E-state index >= 15 is 0 Å². The standard InChI is InChI=1S/C15H23N3O3/c1-2-21-10-6-9-16-15(20)18-12-14(19)17-11-13-7-4-3-5-8-13/h3-5,7-8H,2,6,9-12H2,1H3,(H,17,19)(H2,16,18,20). The van der Waals surface area contributed by atoms with Gasteiger partial charge in [-0.25, -0.2) is 4.79 Å². The molecule has 6 nitrogen and oxygen atoms in total. The molecular formula is C15H23N3O3. The van der Waals surface area contributed by atoms with E-state index in [1.165, 1.54) is 0 Å². The summed E-state index contributed by atoms with van der Waals surface area (Å²) in [5.74, 6) is -0.219. The second kappa shape index (κ2) is 10.7. The van der Waals surface area contributed by atoms with Crippen molar-refractivity contribution in [3.05, 3.63) is 35.9 Å². The maximum absolute atomic E-state index is 11.6. The van der Waals surface area contributed by atoms with Gasteiger partial charge in [0.05, 0.1) is 6.54 Å². The van der Waals surface area contributed by atoms with E-state index in [0.29, 0.717) is 26.3 Å². The van der Waals surface area contributed by atoms with Crippen molar-refractivity contribution in [3.63, 3.8) is 0 Å². The minimum atomic E-state index is -0.346. The number of nitrogens with one attached hydrogen (secondary N) is 3. The zero-order valence-corrected chi connectivity index (χ0v) is 12.4. The van der Waals surface area contributed by atoms with E-state index in [4.69, 9.17) is 4.74 Å². The fourth-order valence-corrected chi connectivity index (χ4v) is 1.60. The lowest BCUT2D eigenvalue weighted by Crippen LogP contribution is -2.42. The molecule has 0 fully saturated rings. The number of rotatable bonds is 9. The molecule has 1 aromatic carbocycles. The number of benzene rings is 1. The van der Waals surface area contributed by atoms with E-state index in [1.807, 2.05) is 37.3 Å². The van der Waals surface area contributed by atoms with Crippen molar-refractivity contribution in [3.8, 4) is 0 Å². The van der Waals surface area contributed by atoms with E-state index < -0.39 is 0 Å². The number of hydrogen-bond donors (Lipinski definition) is 3. The van der Waals surface area contributed by atoms with Gasteiger partial charge < -0.3 is 20.7 Å². The first kappa shape index (κ1) is 17.0. The van der Waals surface area contributed by atoms with Crippen LogP contribution in [-0.2, 0) is 16.1 Å². The van der Waals surface area contributed by atoms with E-state index in [9.17, 15) is 9.59 Å². The first-order valence-electron chi connectivity index (χ1n) is 7.12. The third kappa shape index (κ3) is 8.65. The molecule has 0 unspecified atom stereocenters. The first-order valence-corrected chi connectivity index (χ1v) is 7.12. The van der Waals surface area contributed by atoms with Crippen LogP contribution in [0.4, 0.5) is 4.79 Å². The van der Waals surface area contributed by atoms with Crippen LogP contribution in [0.3, 0.4) is 0 Å². The lowest BCUT2D eigenvalue weighted by molar-refractivity contribution is -0.120. The summed E-state index contributed by atoms with van der Waals surface area (Å²) in [5, 5.41) is 7.90. The van der Waals surface area contributed by atoms with Crippen LogP contribution in [0.1, 0.15) is 18.9 Å². The Morgan fingerprint density at radius 1 is 1.10 bits per heavy atom. The number of ether oxygens (including phenoxy) is 1. The van der Waals surface area contributed by atoms with Crippen molar-refractivity contribution in [1.82, 2.24) is 16.0 Å². The molecule has 0 heterocycles. The molecule has 0 saturated carbocycles. The smallest absolute Gasteiger partial charge is 0.315 e. The molecule has 0 aromatic heterocycles. The largest absolute Gasteiger partial charge is 0.382 e. The van der Waals surface area contributed by atoms with Crippen LogP contribution in [-0.4, -0.2) is 38.2 Å². The SMILES string of the molecule is CCOCCCNC(=O)NCC(=O)NCc1ccccc1. The van der Waals surface area contributed by atoms with E-state index in [1.54, 1.807) is 0 Å². The Balaban J connectivity index is 2.05. The highest BCUT2D eigenvalue weighted by atomic mass is 16.5. The summed E-state index contributed by atoms with van der Waals surface area (Å²) in [5.41, 5.74) is 1.02. The second-order valence-electron chi connectivity index (χ2n) is 4.42. The third-order valence-electron chi connectivity index (χ3n) is 2.70. The Hall–Kier alpha value is -2.08. The summed E-state index contributed by atoms with van der Waals surface area (Å²) < 4.78 is 5.15. The minimum absolute atomic E-state index is 0.0376. The van der Waals surface area contributed by atoms with Gasteiger partial charge in [0, 0.05) is 26.3 Å². The fourth-order valence-electron chi connectivity index (χ4n) is 1.60. The topological polar surface area (TPSA) is 79.5 Å². The molecule has 3 N–H and O–H groups in total. The fraction of sp³-hybridized carbons (Fsp3) is 0.467. The molecule has 0 aliphatic carbocycles. The summed E-state index contributed by atoms with van der Waals surface area (Å²) in [7, 11) is 0. The molecule has 6 heteroatoms.